The Morgan fingerprint density at radius 1 is 1.16 bits per heavy atom. The number of H-pyrrole nitrogens is 1. The number of halogens is 2. The highest BCUT2D eigenvalue weighted by molar-refractivity contribution is 6.35. The van der Waals surface area contributed by atoms with Gasteiger partial charge in [0.1, 0.15) is 0 Å². The van der Waals surface area contributed by atoms with Crippen molar-refractivity contribution in [3.63, 3.8) is 0 Å². The van der Waals surface area contributed by atoms with Gasteiger partial charge in [-0.3, -0.25) is 4.79 Å². The van der Waals surface area contributed by atoms with Crippen molar-refractivity contribution < 1.29 is 9.53 Å². The lowest BCUT2D eigenvalue weighted by Gasteiger charge is -2.23. The molecule has 1 aliphatic rings. The molecule has 3 aromatic rings. The van der Waals surface area contributed by atoms with Crippen molar-refractivity contribution in [1.29, 1.82) is 0 Å². The van der Waals surface area contributed by atoms with Crippen LogP contribution in [0.2, 0.25) is 5.02 Å². The lowest BCUT2D eigenvalue weighted by Crippen LogP contribution is -2.32. The van der Waals surface area contributed by atoms with E-state index in [0.717, 1.165) is 48.5 Å². The Morgan fingerprint density at radius 2 is 1.94 bits per heavy atom. The lowest BCUT2D eigenvalue weighted by atomic mass is 9.95. The third kappa shape index (κ3) is 6.23. The Hall–Kier alpha value is -2.05. The van der Waals surface area contributed by atoms with Gasteiger partial charge < -0.3 is 20.4 Å². The summed E-state index contributed by atoms with van der Waals surface area (Å²) < 4.78 is 6.00. The van der Waals surface area contributed by atoms with Crippen LogP contribution in [0.3, 0.4) is 0 Å². The van der Waals surface area contributed by atoms with Crippen LogP contribution in [0, 0.1) is 5.92 Å². The standard InChI is InChI=1S/C24H28ClN3O2.ClH/c25-21-15-27-22-14-19(6-7-20(21)22)24(29)28-23(18-4-2-1-3-5-18)16-30-13-10-17-8-11-26-12-9-17;/h1-7,14-15,17,23,26-27H,8-13,16H2,(H,28,29);1H/t23-;/m0./s1. The maximum Gasteiger partial charge on any atom is 0.251 e. The SMILES string of the molecule is Cl.O=C(N[C@@H](COCCC1CCNCC1)c1ccccc1)c1ccc2c(Cl)c[nH]c2c1. The van der Waals surface area contributed by atoms with E-state index >= 15 is 0 Å². The number of rotatable bonds is 8. The first kappa shape index (κ1) is 23.6. The zero-order chi connectivity index (χ0) is 20.8. The molecule has 31 heavy (non-hydrogen) atoms. The number of piperidine rings is 1. The van der Waals surface area contributed by atoms with Gasteiger partial charge in [0.25, 0.3) is 5.91 Å². The topological polar surface area (TPSA) is 66.2 Å². The van der Waals surface area contributed by atoms with Crippen molar-refractivity contribution >= 4 is 40.8 Å². The number of benzene rings is 2. The largest absolute Gasteiger partial charge is 0.379 e. The van der Waals surface area contributed by atoms with E-state index in [4.69, 9.17) is 16.3 Å². The molecule has 0 radical (unpaired) electrons. The average Bonchev–Trinajstić information content (AvgIpc) is 3.17. The number of hydrogen-bond acceptors (Lipinski definition) is 3. The molecular weight excluding hydrogens is 433 g/mol. The number of hydrogen-bond donors (Lipinski definition) is 3. The molecule has 1 aromatic heterocycles. The molecule has 0 bridgehead atoms. The van der Waals surface area contributed by atoms with Crippen LogP contribution in [0.25, 0.3) is 10.9 Å². The normalized spacial score (nSPS) is 15.4. The summed E-state index contributed by atoms with van der Waals surface area (Å²) in [6.45, 7) is 3.38. The van der Waals surface area contributed by atoms with Crippen molar-refractivity contribution in [2.24, 2.45) is 5.92 Å². The first-order valence-electron chi connectivity index (χ1n) is 10.6. The molecule has 0 aliphatic carbocycles. The Labute approximate surface area is 194 Å². The molecule has 1 saturated heterocycles. The van der Waals surface area contributed by atoms with Gasteiger partial charge in [-0.25, -0.2) is 0 Å². The van der Waals surface area contributed by atoms with E-state index in [-0.39, 0.29) is 24.4 Å². The number of aromatic nitrogens is 1. The van der Waals surface area contributed by atoms with Crippen LogP contribution in [0.5, 0.6) is 0 Å². The summed E-state index contributed by atoms with van der Waals surface area (Å²) >= 11 is 6.14. The Bertz CT molecular complexity index is 971. The quantitative estimate of drug-likeness (QED) is 0.407. The van der Waals surface area contributed by atoms with E-state index in [0.29, 0.717) is 17.2 Å². The molecular formula is C24H29Cl2N3O2. The predicted molar refractivity (Wildman–Crippen MR) is 128 cm³/mol. The minimum atomic E-state index is -0.199. The van der Waals surface area contributed by atoms with Crippen molar-refractivity contribution in [2.75, 3.05) is 26.3 Å². The highest BCUT2D eigenvalue weighted by Crippen LogP contribution is 2.24. The number of amides is 1. The first-order valence-corrected chi connectivity index (χ1v) is 11.0. The van der Waals surface area contributed by atoms with Gasteiger partial charge in [-0.2, -0.15) is 0 Å². The predicted octanol–water partition coefficient (Wildman–Crippen LogP) is 5.12. The molecule has 166 valence electrons. The molecule has 0 unspecified atom stereocenters. The second kappa shape index (κ2) is 11.5. The molecule has 2 heterocycles. The van der Waals surface area contributed by atoms with Crippen LogP contribution in [0.15, 0.2) is 54.7 Å². The number of carbonyl (C=O) groups is 1. The smallest absolute Gasteiger partial charge is 0.251 e. The van der Waals surface area contributed by atoms with Crippen LogP contribution >= 0.6 is 24.0 Å². The maximum atomic E-state index is 12.9. The lowest BCUT2D eigenvalue weighted by molar-refractivity contribution is 0.0790. The van der Waals surface area contributed by atoms with E-state index in [2.05, 4.69) is 15.6 Å². The fourth-order valence-electron chi connectivity index (χ4n) is 4.00. The number of ether oxygens (including phenoxy) is 1. The van der Waals surface area contributed by atoms with E-state index in [1.54, 1.807) is 12.3 Å². The van der Waals surface area contributed by atoms with Gasteiger partial charge in [-0.05, 0) is 56.0 Å². The molecule has 5 nitrogen and oxygen atoms in total. The van der Waals surface area contributed by atoms with Gasteiger partial charge in [0.2, 0.25) is 0 Å². The molecule has 0 saturated carbocycles. The van der Waals surface area contributed by atoms with Gasteiger partial charge in [-0.15, -0.1) is 12.4 Å². The van der Waals surface area contributed by atoms with E-state index < -0.39 is 0 Å². The zero-order valence-corrected chi connectivity index (χ0v) is 19.0. The van der Waals surface area contributed by atoms with E-state index in [1.807, 2.05) is 42.5 Å². The summed E-state index contributed by atoms with van der Waals surface area (Å²) in [5, 5.41) is 8.10. The molecule has 7 heteroatoms. The van der Waals surface area contributed by atoms with Crippen molar-refractivity contribution in [3.8, 4) is 0 Å². The van der Waals surface area contributed by atoms with Crippen molar-refractivity contribution in [3.05, 3.63) is 70.9 Å². The van der Waals surface area contributed by atoms with Crippen molar-refractivity contribution in [1.82, 2.24) is 15.6 Å². The third-order valence-electron chi connectivity index (χ3n) is 5.81. The van der Waals surface area contributed by atoms with Crippen LogP contribution in [0.4, 0.5) is 0 Å². The molecule has 1 aliphatic heterocycles. The first-order chi connectivity index (χ1) is 14.7. The minimum Gasteiger partial charge on any atom is -0.379 e. The van der Waals surface area contributed by atoms with E-state index in [1.165, 1.54) is 12.8 Å². The Balaban J connectivity index is 0.00000272. The van der Waals surface area contributed by atoms with Crippen LogP contribution in [-0.2, 0) is 4.74 Å². The molecule has 1 fully saturated rings. The highest BCUT2D eigenvalue weighted by Gasteiger charge is 2.18. The Morgan fingerprint density at radius 3 is 2.71 bits per heavy atom. The Kier molecular flexibility index (Phi) is 8.79. The molecule has 1 atom stereocenters. The minimum absolute atomic E-state index is 0. The fraction of sp³-hybridized carbons (Fsp3) is 0.375. The van der Waals surface area contributed by atoms with Gasteiger partial charge in [0.05, 0.1) is 17.7 Å². The maximum absolute atomic E-state index is 12.9. The summed E-state index contributed by atoms with van der Waals surface area (Å²) in [5.74, 6) is 0.605. The molecule has 4 rings (SSSR count). The second-order valence-corrected chi connectivity index (χ2v) is 8.30. The summed E-state index contributed by atoms with van der Waals surface area (Å²) in [7, 11) is 0. The summed E-state index contributed by atoms with van der Waals surface area (Å²) in [6.07, 6.45) is 5.24. The van der Waals surface area contributed by atoms with Crippen molar-refractivity contribution in [2.45, 2.75) is 25.3 Å². The number of fused-ring (bicyclic) bond motifs is 1. The van der Waals surface area contributed by atoms with Crippen LogP contribution in [0.1, 0.15) is 41.2 Å². The number of nitrogens with one attached hydrogen (secondary N) is 3. The second-order valence-electron chi connectivity index (χ2n) is 7.89. The van der Waals surface area contributed by atoms with Gasteiger partial charge in [0, 0.05) is 29.3 Å². The average molecular weight is 462 g/mol. The van der Waals surface area contributed by atoms with Crippen LogP contribution < -0.4 is 10.6 Å². The highest BCUT2D eigenvalue weighted by atomic mass is 35.5. The summed E-state index contributed by atoms with van der Waals surface area (Å²) in [5.41, 5.74) is 2.48. The monoisotopic (exact) mass is 461 g/mol. The molecule has 2 aromatic carbocycles. The van der Waals surface area contributed by atoms with Crippen LogP contribution in [-0.4, -0.2) is 37.2 Å². The van der Waals surface area contributed by atoms with Gasteiger partial charge in [0.15, 0.2) is 0 Å². The zero-order valence-electron chi connectivity index (χ0n) is 17.4. The summed E-state index contributed by atoms with van der Waals surface area (Å²) in [6, 6.07) is 15.3. The van der Waals surface area contributed by atoms with Gasteiger partial charge in [-0.1, -0.05) is 48.0 Å². The molecule has 0 spiro atoms. The molecule has 3 N–H and O–H groups in total. The number of aromatic amines is 1. The van der Waals surface area contributed by atoms with E-state index in [9.17, 15) is 4.79 Å². The van der Waals surface area contributed by atoms with Gasteiger partial charge >= 0.3 is 0 Å². The summed E-state index contributed by atoms with van der Waals surface area (Å²) in [4.78, 5) is 16.0. The fourth-order valence-corrected chi connectivity index (χ4v) is 4.22. The molecule has 1 amide bonds. The third-order valence-corrected chi connectivity index (χ3v) is 6.13. The number of carbonyl (C=O) groups excluding carboxylic acids is 1.